The van der Waals surface area contributed by atoms with E-state index in [2.05, 4.69) is 15.3 Å². The van der Waals surface area contributed by atoms with Crippen molar-refractivity contribution in [2.45, 2.75) is 6.42 Å². The Morgan fingerprint density at radius 2 is 2.37 bits per heavy atom. The molecule has 7 heteroatoms. The fourth-order valence-corrected chi connectivity index (χ4v) is 1.77. The van der Waals surface area contributed by atoms with Gasteiger partial charge in [0.15, 0.2) is 5.75 Å². The Balaban J connectivity index is 2.09. The Kier molecular flexibility index (Phi) is 3.97. The van der Waals surface area contributed by atoms with Gasteiger partial charge in [-0.2, -0.15) is 0 Å². The van der Waals surface area contributed by atoms with Gasteiger partial charge >= 0.3 is 5.69 Å². The minimum Gasteiger partial charge on any atom is -0.490 e. The smallest absolute Gasteiger partial charge is 0.333 e. The Morgan fingerprint density at radius 3 is 3.00 bits per heavy atom. The predicted molar refractivity (Wildman–Crippen MR) is 70.4 cm³/mol. The van der Waals surface area contributed by atoms with Crippen LogP contribution in [0.5, 0.6) is 5.75 Å². The van der Waals surface area contributed by atoms with Crippen LogP contribution < -0.4 is 10.1 Å². The molecule has 0 aliphatic carbocycles. The van der Waals surface area contributed by atoms with Gasteiger partial charge in [0.25, 0.3) is 0 Å². The minimum atomic E-state index is -0.450. The van der Waals surface area contributed by atoms with E-state index in [4.69, 9.17) is 4.74 Å². The standard InChI is InChI=1S/C12H14N4O3/c1-19-10-4-2-3-9(12(10)16(17)18)13-6-5-11-14-7-8-15-11/h2-4,7-8,13H,5-6H2,1H3,(H,14,15). The molecule has 2 N–H and O–H groups in total. The Hall–Kier alpha value is -2.57. The monoisotopic (exact) mass is 262 g/mol. The predicted octanol–water partition coefficient (Wildman–Crippen LogP) is 1.98. The van der Waals surface area contributed by atoms with Crippen molar-refractivity contribution >= 4 is 11.4 Å². The van der Waals surface area contributed by atoms with Gasteiger partial charge < -0.3 is 15.0 Å². The van der Waals surface area contributed by atoms with Crippen molar-refractivity contribution in [1.29, 1.82) is 0 Å². The third-order valence-electron chi connectivity index (χ3n) is 2.63. The number of aromatic amines is 1. The number of nitrogens with zero attached hydrogens (tertiary/aromatic N) is 2. The molecule has 1 aromatic carbocycles. The fourth-order valence-electron chi connectivity index (χ4n) is 1.77. The van der Waals surface area contributed by atoms with Crippen molar-refractivity contribution in [1.82, 2.24) is 9.97 Å². The number of nitro benzene ring substituents is 1. The molecule has 7 nitrogen and oxygen atoms in total. The van der Waals surface area contributed by atoms with Crippen LogP contribution in [0, 0.1) is 10.1 Å². The fraction of sp³-hybridized carbons (Fsp3) is 0.250. The summed E-state index contributed by atoms with van der Waals surface area (Å²) in [5.74, 6) is 1.08. The van der Waals surface area contributed by atoms with Crippen molar-refractivity contribution in [3.63, 3.8) is 0 Å². The van der Waals surface area contributed by atoms with Gasteiger partial charge in [0.2, 0.25) is 0 Å². The summed E-state index contributed by atoms with van der Waals surface area (Å²) in [4.78, 5) is 17.7. The number of hydrogen-bond donors (Lipinski definition) is 2. The third-order valence-corrected chi connectivity index (χ3v) is 2.63. The highest BCUT2D eigenvalue weighted by Crippen LogP contribution is 2.34. The van der Waals surface area contributed by atoms with Crippen molar-refractivity contribution in [3.05, 3.63) is 46.5 Å². The largest absolute Gasteiger partial charge is 0.490 e. The lowest BCUT2D eigenvalue weighted by Gasteiger charge is -2.08. The second-order valence-electron chi connectivity index (χ2n) is 3.83. The highest BCUT2D eigenvalue weighted by Gasteiger charge is 2.19. The molecule has 0 saturated heterocycles. The van der Waals surface area contributed by atoms with Crippen molar-refractivity contribution in [3.8, 4) is 5.75 Å². The maximum Gasteiger partial charge on any atom is 0.333 e. The molecule has 0 amide bonds. The lowest BCUT2D eigenvalue weighted by molar-refractivity contribution is -0.384. The van der Waals surface area contributed by atoms with Crippen LogP contribution in [-0.2, 0) is 6.42 Å². The Labute approximate surface area is 109 Å². The normalized spacial score (nSPS) is 10.2. The van der Waals surface area contributed by atoms with Gasteiger partial charge in [0.1, 0.15) is 11.5 Å². The first-order chi connectivity index (χ1) is 9.22. The van der Waals surface area contributed by atoms with Crippen molar-refractivity contribution in [2.75, 3.05) is 19.0 Å². The second-order valence-corrected chi connectivity index (χ2v) is 3.83. The van der Waals surface area contributed by atoms with Gasteiger partial charge in [-0.1, -0.05) is 6.07 Å². The zero-order valence-corrected chi connectivity index (χ0v) is 10.4. The molecule has 0 atom stereocenters. The van der Waals surface area contributed by atoms with Crippen LogP contribution in [0.4, 0.5) is 11.4 Å². The number of para-hydroxylation sites is 1. The lowest BCUT2D eigenvalue weighted by atomic mass is 10.2. The highest BCUT2D eigenvalue weighted by atomic mass is 16.6. The van der Waals surface area contributed by atoms with Crippen LogP contribution in [0.1, 0.15) is 5.82 Å². The summed E-state index contributed by atoms with van der Waals surface area (Å²) in [7, 11) is 1.41. The van der Waals surface area contributed by atoms with E-state index >= 15 is 0 Å². The van der Waals surface area contributed by atoms with E-state index < -0.39 is 4.92 Å². The molecular formula is C12H14N4O3. The maximum atomic E-state index is 11.1. The first kappa shape index (κ1) is 12.9. The molecule has 100 valence electrons. The number of benzene rings is 1. The summed E-state index contributed by atoms with van der Waals surface area (Å²) < 4.78 is 5.00. The summed E-state index contributed by atoms with van der Waals surface area (Å²) in [5.41, 5.74) is 0.389. The van der Waals surface area contributed by atoms with Gasteiger partial charge in [-0.05, 0) is 12.1 Å². The number of nitrogens with one attached hydrogen (secondary N) is 2. The molecule has 0 spiro atoms. The van der Waals surface area contributed by atoms with Gasteiger partial charge in [-0.25, -0.2) is 4.98 Å². The molecule has 1 heterocycles. The average Bonchev–Trinajstić information content (AvgIpc) is 2.91. The molecule has 0 saturated carbocycles. The van der Waals surface area contributed by atoms with E-state index in [9.17, 15) is 10.1 Å². The van der Waals surface area contributed by atoms with Crippen LogP contribution in [0.2, 0.25) is 0 Å². The molecule has 1 aromatic heterocycles. The summed E-state index contributed by atoms with van der Waals surface area (Å²) in [5, 5.41) is 14.1. The number of nitro groups is 1. The SMILES string of the molecule is COc1cccc(NCCc2ncc[nH]2)c1[N+](=O)[O-]. The van der Waals surface area contributed by atoms with Gasteiger partial charge in [0.05, 0.1) is 12.0 Å². The number of ether oxygens (including phenoxy) is 1. The first-order valence-electron chi connectivity index (χ1n) is 5.76. The molecule has 0 unspecified atom stereocenters. The van der Waals surface area contributed by atoms with E-state index in [1.165, 1.54) is 7.11 Å². The number of aromatic nitrogens is 2. The minimum absolute atomic E-state index is 0.0514. The number of methoxy groups -OCH3 is 1. The van der Waals surface area contributed by atoms with Gasteiger partial charge in [-0.15, -0.1) is 0 Å². The number of imidazole rings is 1. The van der Waals surface area contributed by atoms with Crippen LogP contribution in [0.25, 0.3) is 0 Å². The molecule has 19 heavy (non-hydrogen) atoms. The molecule has 0 bridgehead atoms. The second kappa shape index (κ2) is 5.85. The van der Waals surface area contributed by atoms with E-state index in [-0.39, 0.29) is 11.4 Å². The first-order valence-corrected chi connectivity index (χ1v) is 5.76. The molecule has 0 aliphatic rings. The van der Waals surface area contributed by atoms with Gasteiger partial charge in [0, 0.05) is 25.4 Å². The van der Waals surface area contributed by atoms with Crippen LogP contribution in [0.15, 0.2) is 30.6 Å². The average molecular weight is 262 g/mol. The summed E-state index contributed by atoms with van der Waals surface area (Å²) in [6.07, 6.45) is 4.06. The quantitative estimate of drug-likeness (QED) is 0.613. The van der Waals surface area contributed by atoms with Crippen LogP contribution in [0.3, 0.4) is 0 Å². The summed E-state index contributed by atoms with van der Waals surface area (Å²) in [6, 6.07) is 4.93. The zero-order chi connectivity index (χ0) is 13.7. The number of H-pyrrole nitrogens is 1. The molecule has 0 radical (unpaired) electrons. The molecule has 0 fully saturated rings. The third kappa shape index (κ3) is 3.01. The van der Waals surface area contributed by atoms with Crippen LogP contribution >= 0.6 is 0 Å². The number of rotatable bonds is 6. The molecular weight excluding hydrogens is 248 g/mol. The van der Waals surface area contributed by atoms with Crippen molar-refractivity contribution < 1.29 is 9.66 Å². The summed E-state index contributed by atoms with van der Waals surface area (Å²) in [6.45, 7) is 0.543. The molecule has 2 rings (SSSR count). The highest BCUT2D eigenvalue weighted by molar-refractivity contribution is 5.68. The van der Waals surface area contributed by atoms with E-state index in [0.717, 1.165) is 5.82 Å². The molecule has 2 aromatic rings. The Morgan fingerprint density at radius 1 is 1.53 bits per heavy atom. The maximum absolute atomic E-state index is 11.1. The van der Waals surface area contributed by atoms with Crippen molar-refractivity contribution in [2.24, 2.45) is 0 Å². The summed E-state index contributed by atoms with van der Waals surface area (Å²) >= 11 is 0. The van der Waals surface area contributed by atoms with E-state index in [1.54, 1.807) is 30.6 Å². The van der Waals surface area contributed by atoms with Crippen LogP contribution in [-0.4, -0.2) is 28.5 Å². The topological polar surface area (TPSA) is 93.1 Å². The van der Waals surface area contributed by atoms with Gasteiger partial charge in [-0.3, -0.25) is 10.1 Å². The molecule has 0 aliphatic heterocycles. The number of hydrogen-bond acceptors (Lipinski definition) is 5. The van der Waals surface area contributed by atoms with E-state index in [0.29, 0.717) is 18.7 Å². The van der Waals surface area contributed by atoms with E-state index in [1.807, 2.05) is 0 Å². The lowest BCUT2D eigenvalue weighted by Crippen LogP contribution is -2.08. The number of anilines is 1. The zero-order valence-electron chi connectivity index (χ0n) is 10.4. The Bertz CT molecular complexity index is 554.